The highest BCUT2D eigenvalue weighted by Gasteiger charge is 2.25. The monoisotopic (exact) mass is 266 g/mol. The Morgan fingerprint density at radius 3 is 2.33 bits per heavy atom. The first-order valence-electron chi connectivity index (χ1n) is 4.54. The van der Waals surface area contributed by atoms with Crippen molar-refractivity contribution in [2.24, 2.45) is 5.92 Å². The van der Waals surface area contributed by atoms with E-state index < -0.39 is 16.6 Å². The third-order valence-corrected chi connectivity index (χ3v) is 4.65. The zero-order chi connectivity index (χ0) is 11.0. The number of halogens is 3. The average Bonchev–Trinajstić information content (AvgIpc) is 2.11. The van der Waals surface area contributed by atoms with Crippen molar-refractivity contribution >= 4 is 34.0 Å². The zero-order valence-corrected chi connectivity index (χ0v) is 10.1. The summed E-state index contributed by atoms with van der Waals surface area (Å²) in [4.78, 5) is 0. The van der Waals surface area contributed by atoms with Crippen LogP contribution in [0.1, 0.15) is 5.56 Å². The van der Waals surface area contributed by atoms with Gasteiger partial charge in [-0.2, -0.15) is 0 Å². The van der Waals surface area contributed by atoms with E-state index in [-0.39, 0.29) is 10.0 Å². The summed E-state index contributed by atoms with van der Waals surface area (Å²) in [6, 6.07) is 3.17. The Labute approximate surface area is 100 Å². The van der Waals surface area contributed by atoms with Gasteiger partial charge in [0.2, 0.25) is 0 Å². The summed E-state index contributed by atoms with van der Waals surface area (Å²) in [5.41, 5.74) is 0.910. The van der Waals surface area contributed by atoms with Crippen LogP contribution in [0.4, 0.5) is 4.39 Å². The van der Waals surface area contributed by atoms with Crippen LogP contribution in [0.25, 0.3) is 0 Å². The lowest BCUT2D eigenvalue weighted by atomic mass is 10.0. The predicted molar refractivity (Wildman–Crippen MR) is 61.5 cm³/mol. The second-order valence-electron chi connectivity index (χ2n) is 3.72. The summed E-state index contributed by atoms with van der Waals surface area (Å²) >= 11 is 11.3. The molecule has 1 nitrogen and oxygen atoms in total. The van der Waals surface area contributed by atoms with Crippen LogP contribution in [0.5, 0.6) is 0 Å². The van der Waals surface area contributed by atoms with E-state index in [0.717, 1.165) is 23.5 Å². The molecule has 1 aromatic rings. The molecule has 15 heavy (non-hydrogen) atoms. The SMILES string of the molecule is O=S1CC(Cc2cc(Cl)c(F)c(Cl)c2)C1. The van der Waals surface area contributed by atoms with Crippen molar-refractivity contribution in [1.29, 1.82) is 0 Å². The summed E-state index contributed by atoms with van der Waals surface area (Å²) in [6.07, 6.45) is 0.769. The molecule has 0 atom stereocenters. The molecule has 0 bridgehead atoms. The second-order valence-corrected chi connectivity index (χ2v) is 6.08. The quantitative estimate of drug-likeness (QED) is 0.753. The van der Waals surface area contributed by atoms with E-state index in [1.807, 2.05) is 0 Å². The predicted octanol–water partition coefficient (Wildman–Crippen LogP) is 3.05. The Morgan fingerprint density at radius 2 is 1.87 bits per heavy atom. The Bertz CT molecular complexity index is 391. The van der Waals surface area contributed by atoms with Gasteiger partial charge in [-0.3, -0.25) is 4.21 Å². The van der Waals surface area contributed by atoms with Crippen LogP contribution in [0.3, 0.4) is 0 Å². The van der Waals surface area contributed by atoms with Crippen molar-refractivity contribution in [3.05, 3.63) is 33.6 Å². The van der Waals surface area contributed by atoms with Gasteiger partial charge in [-0.1, -0.05) is 23.2 Å². The third-order valence-electron chi connectivity index (χ3n) is 2.41. The summed E-state index contributed by atoms with van der Waals surface area (Å²) in [6.45, 7) is 0. The van der Waals surface area contributed by atoms with Crippen LogP contribution in [-0.4, -0.2) is 15.7 Å². The van der Waals surface area contributed by atoms with Crippen LogP contribution in [0.15, 0.2) is 12.1 Å². The van der Waals surface area contributed by atoms with E-state index in [0.29, 0.717) is 5.92 Å². The van der Waals surface area contributed by atoms with E-state index >= 15 is 0 Å². The fourth-order valence-electron chi connectivity index (χ4n) is 1.65. The van der Waals surface area contributed by atoms with Gasteiger partial charge in [0.25, 0.3) is 0 Å². The minimum Gasteiger partial charge on any atom is -0.260 e. The molecule has 1 aliphatic rings. The highest BCUT2D eigenvalue weighted by Crippen LogP contribution is 2.27. The molecule has 1 fully saturated rings. The smallest absolute Gasteiger partial charge is 0.160 e. The molecular formula is C10H9Cl2FOS. The van der Waals surface area contributed by atoms with Crippen molar-refractivity contribution in [2.45, 2.75) is 6.42 Å². The van der Waals surface area contributed by atoms with Gasteiger partial charge in [-0.15, -0.1) is 0 Å². The summed E-state index contributed by atoms with van der Waals surface area (Å²) in [5.74, 6) is 1.31. The van der Waals surface area contributed by atoms with Crippen molar-refractivity contribution in [1.82, 2.24) is 0 Å². The first-order chi connectivity index (χ1) is 7.06. The molecule has 0 spiro atoms. The molecule has 0 saturated carbocycles. The molecule has 1 heterocycles. The first kappa shape index (κ1) is 11.4. The maximum atomic E-state index is 13.1. The van der Waals surface area contributed by atoms with Gasteiger partial charge in [-0.25, -0.2) is 4.39 Å². The molecule has 1 saturated heterocycles. The van der Waals surface area contributed by atoms with Crippen molar-refractivity contribution in [2.75, 3.05) is 11.5 Å². The Hall–Kier alpha value is -0.120. The van der Waals surface area contributed by atoms with Crippen molar-refractivity contribution < 1.29 is 8.60 Å². The number of benzene rings is 1. The summed E-state index contributed by atoms with van der Waals surface area (Å²) in [5, 5.41) is 0.107. The van der Waals surface area contributed by atoms with E-state index in [1.165, 1.54) is 0 Å². The zero-order valence-electron chi connectivity index (χ0n) is 7.80. The fraction of sp³-hybridized carbons (Fsp3) is 0.400. The Morgan fingerprint density at radius 1 is 1.33 bits per heavy atom. The molecule has 82 valence electrons. The van der Waals surface area contributed by atoms with E-state index in [1.54, 1.807) is 12.1 Å². The third kappa shape index (κ3) is 2.52. The lowest BCUT2D eigenvalue weighted by Gasteiger charge is -2.24. The van der Waals surface area contributed by atoms with Gasteiger partial charge in [0.15, 0.2) is 5.82 Å². The molecule has 0 radical (unpaired) electrons. The molecule has 0 unspecified atom stereocenters. The fourth-order valence-corrected chi connectivity index (χ4v) is 3.38. The molecule has 0 N–H and O–H groups in total. The van der Waals surface area contributed by atoms with E-state index in [2.05, 4.69) is 0 Å². The van der Waals surface area contributed by atoms with Crippen LogP contribution < -0.4 is 0 Å². The molecule has 2 rings (SSSR count). The molecule has 1 aromatic carbocycles. The van der Waals surface area contributed by atoms with Gasteiger partial charge >= 0.3 is 0 Å². The minimum atomic E-state index is -0.651. The molecular weight excluding hydrogens is 258 g/mol. The topological polar surface area (TPSA) is 17.1 Å². The van der Waals surface area contributed by atoms with Gasteiger partial charge < -0.3 is 0 Å². The lowest BCUT2D eigenvalue weighted by molar-refractivity contribution is 0.581. The maximum absolute atomic E-state index is 13.1. The Kier molecular flexibility index (Phi) is 3.33. The van der Waals surface area contributed by atoms with Crippen LogP contribution in [-0.2, 0) is 17.2 Å². The minimum absolute atomic E-state index is 0.0537. The normalized spacial score (nSPS) is 25.0. The highest BCUT2D eigenvalue weighted by atomic mass is 35.5. The first-order valence-corrected chi connectivity index (χ1v) is 6.79. The van der Waals surface area contributed by atoms with Gasteiger partial charge in [0.1, 0.15) is 0 Å². The maximum Gasteiger partial charge on any atom is 0.160 e. The summed E-state index contributed by atoms with van der Waals surface area (Å²) < 4.78 is 24.0. The Balaban J connectivity index is 2.12. The second kappa shape index (κ2) is 4.40. The van der Waals surface area contributed by atoms with E-state index in [4.69, 9.17) is 23.2 Å². The molecule has 1 aliphatic heterocycles. The largest absolute Gasteiger partial charge is 0.260 e. The molecule has 0 aromatic heterocycles. The molecule has 5 heteroatoms. The van der Waals surface area contributed by atoms with Crippen molar-refractivity contribution in [3.8, 4) is 0 Å². The average molecular weight is 267 g/mol. The standard InChI is InChI=1S/C10H9Cl2FOS/c11-8-2-6(3-9(12)10(8)13)1-7-4-15(14)5-7/h2-3,7H,1,4-5H2. The van der Waals surface area contributed by atoms with Crippen LogP contribution >= 0.6 is 23.2 Å². The van der Waals surface area contributed by atoms with Crippen LogP contribution in [0.2, 0.25) is 10.0 Å². The van der Waals surface area contributed by atoms with Gasteiger partial charge in [0.05, 0.1) is 10.0 Å². The summed E-state index contributed by atoms with van der Waals surface area (Å²) in [7, 11) is -0.651. The number of rotatable bonds is 2. The highest BCUT2D eigenvalue weighted by molar-refractivity contribution is 7.86. The number of hydrogen-bond acceptors (Lipinski definition) is 1. The van der Waals surface area contributed by atoms with Crippen LogP contribution in [0, 0.1) is 11.7 Å². The van der Waals surface area contributed by atoms with Gasteiger partial charge in [-0.05, 0) is 30.0 Å². The van der Waals surface area contributed by atoms with Crippen molar-refractivity contribution in [3.63, 3.8) is 0 Å². The number of hydrogen-bond donors (Lipinski definition) is 0. The van der Waals surface area contributed by atoms with Gasteiger partial charge in [0, 0.05) is 22.3 Å². The van der Waals surface area contributed by atoms with E-state index in [9.17, 15) is 8.60 Å². The lowest BCUT2D eigenvalue weighted by Crippen LogP contribution is -2.32. The molecule has 0 aliphatic carbocycles. The molecule has 0 amide bonds.